The highest BCUT2D eigenvalue weighted by molar-refractivity contribution is 6.35. The monoisotopic (exact) mass is 310 g/mol. The number of ketones is 2. The fourth-order valence-corrected chi connectivity index (χ4v) is 2.90. The third-order valence-corrected chi connectivity index (χ3v) is 4.08. The Bertz CT molecular complexity index is 473. The normalized spacial score (nSPS) is 19.2. The minimum Gasteiger partial charge on any atom is -0.334 e. The molecule has 0 aromatic rings. The van der Waals surface area contributed by atoms with Gasteiger partial charge in [0.15, 0.2) is 5.78 Å². The summed E-state index contributed by atoms with van der Waals surface area (Å²) in [5.74, 6) is -1.22. The van der Waals surface area contributed by atoms with Crippen molar-refractivity contribution in [3.63, 3.8) is 0 Å². The lowest BCUT2D eigenvalue weighted by Gasteiger charge is -2.32. The Morgan fingerprint density at radius 3 is 2.23 bits per heavy atom. The molecule has 1 fully saturated rings. The standard InChI is InChI=1S/C16H26N2O4/c1-10(2)9-14(11(3)19)17(5)16(22)13-7-6-8-18(13)15(21)12(4)20/h10,13-14H,6-9H2,1-5H3/t13-,14+/m0/s1. The van der Waals surface area contributed by atoms with Crippen molar-refractivity contribution in [2.24, 2.45) is 5.92 Å². The van der Waals surface area contributed by atoms with Gasteiger partial charge in [-0.05, 0) is 32.1 Å². The minimum atomic E-state index is -0.629. The van der Waals surface area contributed by atoms with Gasteiger partial charge in [-0.15, -0.1) is 0 Å². The first-order valence-electron chi connectivity index (χ1n) is 7.75. The van der Waals surface area contributed by atoms with Crippen LogP contribution in [-0.2, 0) is 19.2 Å². The molecule has 0 aromatic heterocycles. The van der Waals surface area contributed by atoms with E-state index in [9.17, 15) is 19.2 Å². The average Bonchev–Trinajstić information content (AvgIpc) is 2.90. The zero-order chi connectivity index (χ0) is 17.0. The van der Waals surface area contributed by atoms with Crippen LogP contribution in [0.4, 0.5) is 0 Å². The Morgan fingerprint density at radius 1 is 1.18 bits per heavy atom. The fourth-order valence-electron chi connectivity index (χ4n) is 2.90. The van der Waals surface area contributed by atoms with Crippen LogP contribution in [0.2, 0.25) is 0 Å². The molecule has 1 aliphatic heterocycles. The molecule has 0 unspecified atom stereocenters. The van der Waals surface area contributed by atoms with E-state index in [1.54, 1.807) is 7.05 Å². The van der Waals surface area contributed by atoms with E-state index in [0.717, 1.165) is 0 Å². The number of Topliss-reactive ketones (excluding diaryl/α,β-unsaturated/α-hetero) is 2. The molecule has 0 radical (unpaired) electrons. The van der Waals surface area contributed by atoms with E-state index in [4.69, 9.17) is 0 Å². The molecule has 2 amide bonds. The van der Waals surface area contributed by atoms with Crippen LogP contribution in [-0.4, -0.2) is 58.9 Å². The van der Waals surface area contributed by atoms with E-state index >= 15 is 0 Å². The lowest BCUT2D eigenvalue weighted by molar-refractivity contribution is -0.150. The van der Waals surface area contributed by atoms with Gasteiger partial charge in [0, 0.05) is 20.5 Å². The smallest absolute Gasteiger partial charge is 0.290 e. The lowest BCUT2D eigenvalue weighted by atomic mass is 9.99. The molecular weight excluding hydrogens is 284 g/mol. The summed E-state index contributed by atoms with van der Waals surface area (Å²) in [5.41, 5.74) is 0. The molecule has 6 nitrogen and oxygen atoms in total. The number of amides is 2. The molecule has 0 spiro atoms. The number of carbonyl (C=O) groups excluding carboxylic acids is 4. The summed E-state index contributed by atoms with van der Waals surface area (Å²) in [5, 5.41) is 0. The van der Waals surface area contributed by atoms with Gasteiger partial charge in [0.25, 0.3) is 5.91 Å². The van der Waals surface area contributed by atoms with Gasteiger partial charge in [-0.3, -0.25) is 19.2 Å². The fraction of sp³-hybridized carbons (Fsp3) is 0.750. The van der Waals surface area contributed by atoms with Crippen molar-refractivity contribution in [2.45, 2.75) is 59.0 Å². The van der Waals surface area contributed by atoms with Gasteiger partial charge in [0.1, 0.15) is 6.04 Å². The molecule has 0 bridgehead atoms. The zero-order valence-corrected chi connectivity index (χ0v) is 14.1. The van der Waals surface area contributed by atoms with Crippen LogP contribution in [0.1, 0.15) is 47.0 Å². The number of likely N-dealkylation sites (N-methyl/N-ethyl adjacent to an activating group) is 1. The molecule has 1 rings (SSSR count). The molecule has 1 aliphatic rings. The Labute approximate surface area is 131 Å². The molecule has 0 N–H and O–H groups in total. The van der Waals surface area contributed by atoms with Crippen LogP contribution in [0, 0.1) is 5.92 Å². The third-order valence-electron chi connectivity index (χ3n) is 4.08. The number of rotatable bonds is 6. The first-order chi connectivity index (χ1) is 10.2. The second kappa shape index (κ2) is 7.51. The van der Waals surface area contributed by atoms with Crippen LogP contribution in [0.25, 0.3) is 0 Å². The van der Waals surface area contributed by atoms with E-state index in [1.165, 1.54) is 23.6 Å². The predicted octanol–water partition coefficient (Wildman–Crippen LogP) is 1.03. The Morgan fingerprint density at radius 2 is 1.77 bits per heavy atom. The highest BCUT2D eigenvalue weighted by Crippen LogP contribution is 2.22. The maximum atomic E-state index is 12.7. The van der Waals surface area contributed by atoms with Crippen molar-refractivity contribution < 1.29 is 19.2 Å². The van der Waals surface area contributed by atoms with Crippen molar-refractivity contribution in [1.29, 1.82) is 0 Å². The van der Waals surface area contributed by atoms with Crippen molar-refractivity contribution in [3.8, 4) is 0 Å². The van der Waals surface area contributed by atoms with Crippen molar-refractivity contribution >= 4 is 23.4 Å². The summed E-state index contributed by atoms with van der Waals surface area (Å²) in [7, 11) is 1.60. The number of nitrogens with zero attached hydrogens (tertiary/aromatic N) is 2. The first kappa shape index (κ1) is 18.3. The molecule has 0 saturated carbocycles. The largest absolute Gasteiger partial charge is 0.334 e. The van der Waals surface area contributed by atoms with Crippen molar-refractivity contribution in [3.05, 3.63) is 0 Å². The summed E-state index contributed by atoms with van der Waals surface area (Å²) in [6.07, 6.45) is 1.82. The topological polar surface area (TPSA) is 74.8 Å². The second-order valence-electron chi connectivity index (χ2n) is 6.42. The van der Waals surface area contributed by atoms with E-state index in [2.05, 4.69) is 0 Å². The van der Waals surface area contributed by atoms with Gasteiger partial charge in [-0.1, -0.05) is 13.8 Å². The quantitative estimate of drug-likeness (QED) is 0.687. The highest BCUT2D eigenvalue weighted by atomic mass is 16.2. The number of carbonyl (C=O) groups is 4. The van der Waals surface area contributed by atoms with E-state index in [0.29, 0.717) is 25.8 Å². The number of hydrogen-bond acceptors (Lipinski definition) is 4. The molecule has 0 aromatic carbocycles. The zero-order valence-electron chi connectivity index (χ0n) is 14.1. The van der Waals surface area contributed by atoms with Gasteiger partial charge in [0.05, 0.1) is 6.04 Å². The summed E-state index contributed by atoms with van der Waals surface area (Å²) in [6.45, 7) is 7.09. The molecule has 0 aliphatic carbocycles. The number of likely N-dealkylation sites (tertiary alicyclic amines) is 1. The van der Waals surface area contributed by atoms with Gasteiger partial charge >= 0.3 is 0 Å². The first-order valence-corrected chi connectivity index (χ1v) is 7.75. The summed E-state index contributed by atoms with van der Waals surface area (Å²) in [6, 6.07) is -1.11. The molecular formula is C16H26N2O4. The third kappa shape index (κ3) is 4.15. The molecule has 22 heavy (non-hydrogen) atoms. The minimum absolute atomic E-state index is 0.0630. The SMILES string of the molecule is CC(=O)C(=O)N1CCC[C@H]1C(=O)N(C)[C@H](CC(C)C)C(C)=O. The van der Waals surface area contributed by atoms with Crippen LogP contribution in [0.5, 0.6) is 0 Å². The maximum absolute atomic E-state index is 12.7. The molecule has 1 saturated heterocycles. The highest BCUT2D eigenvalue weighted by Gasteiger charge is 2.39. The Kier molecular flexibility index (Phi) is 6.26. The lowest BCUT2D eigenvalue weighted by Crippen LogP contribution is -2.52. The van der Waals surface area contributed by atoms with E-state index in [1.807, 2.05) is 13.8 Å². The summed E-state index contributed by atoms with van der Waals surface area (Å²) >= 11 is 0. The van der Waals surface area contributed by atoms with Gasteiger partial charge in [0.2, 0.25) is 11.7 Å². The molecule has 1 heterocycles. The Hall–Kier alpha value is -1.72. The number of hydrogen-bond donors (Lipinski definition) is 0. The molecule has 2 atom stereocenters. The summed E-state index contributed by atoms with van der Waals surface area (Å²) < 4.78 is 0. The van der Waals surface area contributed by atoms with Gasteiger partial charge in [-0.2, -0.15) is 0 Å². The van der Waals surface area contributed by atoms with Crippen LogP contribution >= 0.6 is 0 Å². The van der Waals surface area contributed by atoms with Crippen molar-refractivity contribution in [1.82, 2.24) is 9.80 Å². The Balaban J connectivity index is 2.90. The summed E-state index contributed by atoms with van der Waals surface area (Å²) in [4.78, 5) is 50.5. The van der Waals surface area contributed by atoms with Crippen molar-refractivity contribution in [2.75, 3.05) is 13.6 Å². The predicted molar refractivity (Wildman–Crippen MR) is 82.1 cm³/mol. The van der Waals surface area contributed by atoms with Crippen LogP contribution in [0.15, 0.2) is 0 Å². The van der Waals surface area contributed by atoms with Gasteiger partial charge in [-0.25, -0.2) is 0 Å². The van der Waals surface area contributed by atoms with E-state index < -0.39 is 23.8 Å². The van der Waals surface area contributed by atoms with E-state index in [-0.39, 0.29) is 17.6 Å². The van der Waals surface area contributed by atoms with Gasteiger partial charge < -0.3 is 9.80 Å². The second-order valence-corrected chi connectivity index (χ2v) is 6.42. The molecule has 124 valence electrons. The van der Waals surface area contributed by atoms with Crippen LogP contribution in [0.3, 0.4) is 0 Å². The molecule has 6 heteroatoms. The maximum Gasteiger partial charge on any atom is 0.290 e. The van der Waals surface area contributed by atoms with Crippen LogP contribution < -0.4 is 0 Å². The average molecular weight is 310 g/mol.